The van der Waals surface area contributed by atoms with E-state index in [9.17, 15) is 32.7 Å². The van der Waals surface area contributed by atoms with E-state index in [1.807, 2.05) is 0 Å². The van der Waals surface area contributed by atoms with Gasteiger partial charge in [-0.05, 0) is 36.2 Å². The predicted octanol–water partition coefficient (Wildman–Crippen LogP) is 7.08. The summed E-state index contributed by atoms with van der Waals surface area (Å²) < 4.78 is 45.8. The Bertz CT molecular complexity index is 1320. The van der Waals surface area contributed by atoms with E-state index in [1.54, 1.807) is 6.07 Å². The van der Waals surface area contributed by atoms with Crippen molar-refractivity contribution in [3.63, 3.8) is 0 Å². The maximum absolute atomic E-state index is 13.5. The van der Waals surface area contributed by atoms with E-state index in [2.05, 4.69) is 17.1 Å². The summed E-state index contributed by atoms with van der Waals surface area (Å²) in [6.07, 6.45) is 6.46. The lowest BCUT2D eigenvalue weighted by atomic mass is 10.1. The highest BCUT2D eigenvalue weighted by atomic mass is 19.4. The van der Waals surface area contributed by atoms with Crippen LogP contribution in [0.1, 0.15) is 92.0 Å². The summed E-state index contributed by atoms with van der Waals surface area (Å²) in [5.74, 6) is -4.07. The average Bonchev–Trinajstić information content (AvgIpc) is 3.43. The Kier molecular flexibility index (Phi) is 11.6. The van der Waals surface area contributed by atoms with Crippen molar-refractivity contribution in [2.45, 2.75) is 83.9 Å². The fourth-order valence-electron chi connectivity index (χ4n) is 4.46. The third kappa shape index (κ3) is 9.26. The SMILES string of the molecule is CCCCCCCCCCCc1noc(-c2cccc(C(=O)N(Cc3ccccc3C(F)(F)F)C(=O)C(=O)O)c2)n1. The number of alkyl halides is 3. The maximum Gasteiger partial charge on any atom is 0.416 e. The molecule has 11 heteroatoms. The van der Waals surface area contributed by atoms with Gasteiger partial charge in [0.15, 0.2) is 5.82 Å². The van der Waals surface area contributed by atoms with Gasteiger partial charge in [0.2, 0.25) is 0 Å². The van der Waals surface area contributed by atoms with E-state index in [-0.39, 0.29) is 16.4 Å². The molecule has 0 saturated carbocycles. The zero-order valence-corrected chi connectivity index (χ0v) is 23.0. The number of rotatable bonds is 14. The molecule has 1 heterocycles. The molecule has 1 aromatic heterocycles. The number of amides is 2. The molecule has 2 aromatic carbocycles. The van der Waals surface area contributed by atoms with Gasteiger partial charge >= 0.3 is 18.1 Å². The lowest BCUT2D eigenvalue weighted by Gasteiger charge is -2.21. The average molecular weight is 574 g/mol. The molecule has 0 aliphatic heterocycles. The summed E-state index contributed by atoms with van der Waals surface area (Å²) in [6.45, 7) is 1.32. The largest absolute Gasteiger partial charge is 0.474 e. The molecule has 0 bridgehead atoms. The van der Waals surface area contributed by atoms with Crippen molar-refractivity contribution in [3.8, 4) is 11.5 Å². The number of hydrogen-bond donors (Lipinski definition) is 1. The first-order chi connectivity index (χ1) is 19.6. The van der Waals surface area contributed by atoms with Gasteiger partial charge in [-0.1, -0.05) is 87.7 Å². The smallest absolute Gasteiger partial charge is 0.416 e. The molecule has 220 valence electrons. The van der Waals surface area contributed by atoms with Crippen molar-refractivity contribution in [1.82, 2.24) is 15.0 Å². The van der Waals surface area contributed by atoms with Gasteiger partial charge in [0.1, 0.15) is 0 Å². The van der Waals surface area contributed by atoms with Crippen LogP contribution in [0, 0.1) is 0 Å². The number of hydrogen-bond acceptors (Lipinski definition) is 6. The Balaban J connectivity index is 1.68. The van der Waals surface area contributed by atoms with E-state index in [0.29, 0.717) is 17.8 Å². The Morgan fingerprint density at radius 2 is 1.56 bits per heavy atom. The van der Waals surface area contributed by atoms with Crippen molar-refractivity contribution >= 4 is 17.8 Å². The van der Waals surface area contributed by atoms with Gasteiger partial charge < -0.3 is 9.63 Å². The third-order valence-electron chi connectivity index (χ3n) is 6.65. The fraction of sp³-hybridized carbons (Fsp3) is 0.433. The van der Waals surface area contributed by atoms with Crippen LogP contribution in [-0.4, -0.2) is 37.9 Å². The van der Waals surface area contributed by atoms with Crippen molar-refractivity contribution in [2.75, 3.05) is 0 Å². The van der Waals surface area contributed by atoms with E-state index in [0.717, 1.165) is 37.5 Å². The molecule has 2 amide bonds. The van der Waals surface area contributed by atoms with Crippen LogP contribution < -0.4 is 0 Å². The van der Waals surface area contributed by atoms with Crippen LogP contribution in [0.25, 0.3) is 11.5 Å². The standard InChI is InChI=1S/C30H34F3N3O5/c1-2-3-4-5-6-7-8-9-10-18-25-34-26(41-35-25)21-15-13-16-22(19-21)27(37)36(28(38)29(39)40)20-23-14-11-12-17-24(23)30(31,32)33/h11-17,19H,2-10,18,20H2,1H3,(H,39,40). The number of carbonyl (C=O) groups excluding carboxylic acids is 2. The zero-order valence-electron chi connectivity index (χ0n) is 23.0. The minimum absolute atomic E-state index is 0.125. The second-order valence-corrected chi connectivity index (χ2v) is 9.83. The predicted molar refractivity (Wildman–Crippen MR) is 145 cm³/mol. The highest BCUT2D eigenvalue weighted by Gasteiger charge is 2.36. The van der Waals surface area contributed by atoms with Crippen molar-refractivity contribution < 1.29 is 37.2 Å². The lowest BCUT2D eigenvalue weighted by Crippen LogP contribution is -2.41. The van der Waals surface area contributed by atoms with Crippen LogP contribution in [-0.2, 0) is 28.7 Å². The number of aryl methyl sites for hydroxylation is 1. The number of benzene rings is 2. The molecule has 0 aliphatic rings. The summed E-state index contributed by atoms with van der Waals surface area (Å²) in [5, 5.41) is 13.2. The van der Waals surface area contributed by atoms with Gasteiger partial charge in [-0.3, -0.25) is 14.5 Å². The van der Waals surface area contributed by atoms with E-state index >= 15 is 0 Å². The Morgan fingerprint density at radius 1 is 0.902 bits per heavy atom. The van der Waals surface area contributed by atoms with Crippen LogP contribution in [0.4, 0.5) is 13.2 Å². The molecular formula is C30H34F3N3O5. The molecule has 0 aliphatic carbocycles. The Hall–Kier alpha value is -4.02. The maximum atomic E-state index is 13.5. The van der Waals surface area contributed by atoms with E-state index in [4.69, 9.17) is 4.52 Å². The molecule has 8 nitrogen and oxygen atoms in total. The number of aromatic nitrogens is 2. The van der Waals surface area contributed by atoms with Gasteiger partial charge in [0.25, 0.3) is 11.8 Å². The molecule has 1 N–H and O–H groups in total. The van der Waals surface area contributed by atoms with Gasteiger partial charge in [0.05, 0.1) is 12.1 Å². The highest BCUT2D eigenvalue weighted by molar-refractivity contribution is 6.35. The van der Waals surface area contributed by atoms with Gasteiger partial charge in [-0.2, -0.15) is 18.2 Å². The summed E-state index contributed by atoms with van der Waals surface area (Å²) in [6, 6.07) is 10.1. The second-order valence-electron chi connectivity index (χ2n) is 9.83. The number of nitrogens with zero attached hydrogens (tertiary/aromatic N) is 3. The lowest BCUT2D eigenvalue weighted by molar-refractivity contribution is -0.154. The first-order valence-electron chi connectivity index (χ1n) is 13.8. The van der Waals surface area contributed by atoms with Crippen molar-refractivity contribution in [3.05, 3.63) is 71.0 Å². The molecule has 0 atom stereocenters. The quantitative estimate of drug-likeness (QED) is 0.162. The topological polar surface area (TPSA) is 114 Å². The minimum Gasteiger partial charge on any atom is -0.474 e. The Labute approximate surface area is 236 Å². The van der Waals surface area contributed by atoms with Crippen molar-refractivity contribution in [2.24, 2.45) is 0 Å². The minimum atomic E-state index is -4.76. The number of imide groups is 1. The molecule has 41 heavy (non-hydrogen) atoms. The molecule has 0 fully saturated rings. The molecule has 0 spiro atoms. The van der Waals surface area contributed by atoms with E-state index in [1.165, 1.54) is 62.8 Å². The molecule has 3 rings (SSSR count). The second kappa shape index (κ2) is 15.1. The van der Waals surface area contributed by atoms with E-state index < -0.39 is 41.6 Å². The first kappa shape index (κ1) is 31.5. The number of aliphatic carboxylic acids is 1. The van der Waals surface area contributed by atoms with Gasteiger partial charge in [-0.15, -0.1) is 0 Å². The van der Waals surface area contributed by atoms with Crippen molar-refractivity contribution in [1.29, 1.82) is 0 Å². The zero-order chi connectivity index (χ0) is 29.8. The summed E-state index contributed by atoms with van der Waals surface area (Å²) >= 11 is 0. The summed E-state index contributed by atoms with van der Waals surface area (Å²) in [5.41, 5.74) is -1.27. The number of carbonyl (C=O) groups is 3. The Morgan fingerprint density at radius 3 is 2.22 bits per heavy atom. The molecular weight excluding hydrogens is 539 g/mol. The fourth-order valence-corrected chi connectivity index (χ4v) is 4.46. The van der Waals surface area contributed by atoms with Gasteiger partial charge in [-0.25, -0.2) is 4.79 Å². The number of carboxylic acids is 1. The monoisotopic (exact) mass is 573 g/mol. The van der Waals surface area contributed by atoms with Crippen LogP contribution in [0.15, 0.2) is 53.1 Å². The molecule has 0 unspecified atom stereocenters. The number of unbranched alkanes of at least 4 members (excludes halogenated alkanes) is 8. The highest BCUT2D eigenvalue weighted by Crippen LogP contribution is 2.32. The number of halogens is 3. The first-order valence-corrected chi connectivity index (χ1v) is 13.8. The molecule has 0 saturated heterocycles. The normalized spacial score (nSPS) is 11.4. The van der Waals surface area contributed by atoms with Crippen LogP contribution in [0.2, 0.25) is 0 Å². The summed E-state index contributed by atoms with van der Waals surface area (Å²) in [4.78, 5) is 41.7. The van der Waals surface area contributed by atoms with Gasteiger partial charge in [0, 0.05) is 17.5 Å². The molecule has 3 aromatic rings. The molecule has 0 radical (unpaired) electrons. The van der Waals surface area contributed by atoms with Crippen LogP contribution in [0.3, 0.4) is 0 Å². The number of carboxylic acid groups (broad SMARTS) is 1. The summed E-state index contributed by atoms with van der Waals surface area (Å²) in [7, 11) is 0. The van der Waals surface area contributed by atoms with Crippen LogP contribution >= 0.6 is 0 Å². The third-order valence-corrected chi connectivity index (χ3v) is 6.65. The van der Waals surface area contributed by atoms with Crippen LogP contribution in [0.5, 0.6) is 0 Å².